The van der Waals surface area contributed by atoms with Crippen molar-refractivity contribution in [1.29, 1.82) is 0 Å². The van der Waals surface area contributed by atoms with Gasteiger partial charge in [0, 0.05) is 38.0 Å². The molecule has 19 heteroatoms. The number of hydrogen-bond donors (Lipinski definition) is 8. The number of carbonyl (C=O) groups is 8. The fourth-order valence-corrected chi connectivity index (χ4v) is 6.11. The number of aliphatic carboxylic acids is 1. The minimum absolute atomic E-state index is 0.0259. The van der Waals surface area contributed by atoms with E-state index in [1.54, 1.807) is 24.3 Å². The van der Waals surface area contributed by atoms with E-state index in [4.69, 9.17) is 27.0 Å². The molecule has 316 valence electrons. The molecule has 0 spiro atoms. The number of rotatable bonds is 25. The Labute approximate surface area is 332 Å². The lowest BCUT2D eigenvalue weighted by Gasteiger charge is -2.30. The SMILES string of the molecule is CC(=O)c1ccc(C[C@H](NC(=O)[C@H](N)CCC(=O)O)C(=O)NCCOCC(=O)N[C@@H](CCCN=C(N)N)C(=O)N2CCCC2C(=O)N[C@@H](CC(C)C)C(C)=O)cc1. The second kappa shape index (κ2) is 24.3. The summed E-state index contributed by atoms with van der Waals surface area (Å²) in [4.78, 5) is 106. The summed E-state index contributed by atoms with van der Waals surface area (Å²) in [5.74, 6) is -4.31. The van der Waals surface area contributed by atoms with Gasteiger partial charge < -0.3 is 53.2 Å². The molecule has 11 N–H and O–H groups in total. The van der Waals surface area contributed by atoms with Gasteiger partial charge in [-0.3, -0.25) is 43.3 Å². The monoisotopic (exact) mass is 801 g/mol. The Morgan fingerprint density at radius 2 is 1.61 bits per heavy atom. The Morgan fingerprint density at radius 3 is 2.21 bits per heavy atom. The van der Waals surface area contributed by atoms with Crippen LogP contribution < -0.4 is 38.5 Å². The number of hydrogen-bond acceptors (Lipinski definition) is 11. The van der Waals surface area contributed by atoms with Gasteiger partial charge in [-0.1, -0.05) is 38.1 Å². The molecule has 1 aliphatic rings. The van der Waals surface area contributed by atoms with Crippen molar-refractivity contribution >= 4 is 53.0 Å². The van der Waals surface area contributed by atoms with Crippen LogP contribution >= 0.6 is 0 Å². The first-order chi connectivity index (χ1) is 26.9. The van der Waals surface area contributed by atoms with Crippen molar-refractivity contribution in [3.8, 4) is 0 Å². The number of likely N-dealkylation sites (tertiary alicyclic amines) is 1. The number of aliphatic imine (C=N–C) groups is 1. The second-order valence-electron chi connectivity index (χ2n) is 14.5. The van der Waals surface area contributed by atoms with Crippen LogP contribution in [0.4, 0.5) is 0 Å². The van der Waals surface area contributed by atoms with E-state index in [2.05, 4.69) is 26.3 Å². The molecule has 1 fully saturated rings. The van der Waals surface area contributed by atoms with Crippen molar-refractivity contribution in [2.24, 2.45) is 28.1 Å². The fraction of sp³-hybridized carbons (Fsp3) is 0.605. The maximum Gasteiger partial charge on any atom is 0.303 e. The zero-order valence-electron chi connectivity index (χ0n) is 33.2. The first-order valence-corrected chi connectivity index (χ1v) is 19.1. The molecule has 1 aliphatic heterocycles. The predicted molar refractivity (Wildman–Crippen MR) is 209 cm³/mol. The first-order valence-electron chi connectivity index (χ1n) is 19.1. The Balaban J connectivity index is 2.03. The molecule has 2 rings (SSSR count). The number of nitrogens with one attached hydrogen (secondary N) is 4. The van der Waals surface area contributed by atoms with Crippen molar-refractivity contribution in [2.45, 2.75) is 109 Å². The maximum absolute atomic E-state index is 13.8. The average Bonchev–Trinajstić information content (AvgIpc) is 3.64. The van der Waals surface area contributed by atoms with E-state index >= 15 is 0 Å². The van der Waals surface area contributed by atoms with Crippen molar-refractivity contribution in [2.75, 3.05) is 32.8 Å². The van der Waals surface area contributed by atoms with Gasteiger partial charge in [-0.05, 0) is 63.9 Å². The summed E-state index contributed by atoms with van der Waals surface area (Å²) in [6, 6.07) is 1.62. The fourth-order valence-electron chi connectivity index (χ4n) is 6.11. The summed E-state index contributed by atoms with van der Waals surface area (Å²) < 4.78 is 5.48. The third kappa shape index (κ3) is 17.5. The van der Waals surface area contributed by atoms with Crippen molar-refractivity contribution in [3.63, 3.8) is 0 Å². The highest BCUT2D eigenvalue weighted by Crippen LogP contribution is 2.21. The van der Waals surface area contributed by atoms with Crippen LogP contribution in [-0.2, 0) is 44.7 Å². The van der Waals surface area contributed by atoms with Gasteiger partial charge >= 0.3 is 5.97 Å². The summed E-state index contributed by atoms with van der Waals surface area (Å²) in [6.45, 7) is 6.49. The van der Waals surface area contributed by atoms with Gasteiger partial charge in [-0.25, -0.2) is 0 Å². The largest absolute Gasteiger partial charge is 0.481 e. The van der Waals surface area contributed by atoms with E-state index in [-0.39, 0.29) is 75.4 Å². The lowest BCUT2D eigenvalue weighted by Crippen LogP contribution is -2.55. The maximum atomic E-state index is 13.8. The van der Waals surface area contributed by atoms with Crippen LogP contribution in [0.3, 0.4) is 0 Å². The number of benzene rings is 1. The normalized spacial score (nSPS) is 15.8. The van der Waals surface area contributed by atoms with E-state index in [9.17, 15) is 38.4 Å². The number of Topliss-reactive ketones (excluding diaryl/α,β-unsaturated/α-hetero) is 2. The molecule has 57 heavy (non-hydrogen) atoms. The number of carboxylic acids is 1. The van der Waals surface area contributed by atoms with E-state index < -0.39 is 72.3 Å². The molecular weight excluding hydrogens is 742 g/mol. The number of nitrogens with zero attached hydrogens (tertiary/aromatic N) is 2. The van der Waals surface area contributed by atoms with Gasteiger partial charge in [-0.2, -0.15) is 0 Å². The lowest BCUT2D eigenvalue weighted by atomic mass is 10.0. The molecule has 1 aromatic rings. The van der Waals surface area contributed by atoms with E-state index in [0.717, 1.165) is 0 Å². The third-order valence-corrected chi connectivity index (χ3v) is 9.15. The molecule has 5 amide bonds. The molecule has 0 saturated carbocycles. The number of ketones is 2. The summed E-state index contributed by atoms with van der Waals surface area (Å²) in [6.07, 6.45) is 1.42. The van der Waals surface area contributed by atoms with Crippen LogP contribution in [-0.4, -0.2) is 126 Å². The number of nitrogens with two attached hydrogens (primary N) is 3. The summed E-state index contributed by atoms with van der Waals surface area (Å²) in [5, 5.41) is 19.6. The molecular formula is C38H59N9O10. The first kappa shape index (κ1) is 47.7. The van der Waals surface area contributed by atoms with Crippen LogP contribution in [0.15, 0.2) is 29.3 Å². The number of amides is 5. The number of ether oxygens (including phenoxy) is 1. The zero-order valence-corrected chi connectivity index (χ0v) is 33.2. The standard InChI is InChI=1S/C38H59N9O10/c1-22(2)19-29(24(4)49)45-36(55)31-8-6-17-47(31)37(56)28(7-5-15-43-38(40)41)44-32(50)21-57-18-16-42-35(54)30(46-34(53)27(39)13-14-33(51)52)20-25-9-11-26(12-10-25)23(3)48/h9-12,22,27-31H,5-8,13-21,39H2,1-4H3,(H,42,54)(H,44,50)(H,45,55)(H,46,53)(H,51,52)(H4,40,41,43)/t27-,28+,29+,30+,31?/m1/s1. The smallest absolute Gasteiger partial charge is 0.303 e. The van der Waals surface area contributed by atoms with E-state index in [0.29, 0.717) is 36.8 Å². The molecule has 0 bridgehead atoms. The Kier molecular flexibility index (Phi) is 20.3. The Bertz CT molecular complexity index is 1600. The van der Waals surface area contributed by atoms with Crippen LogP contribution in [0, 0.1) is 5.92 Å². The molecule has 0 aromatic heterocycles. The number of guanidine groups is 1. The van der Waals surface area contributed by atoms with Crippen molar-refractivity contribution < 1.29 is 48.2 Å². The highest BCUT2D eigenvalue weighted by molar-refractivity contribution is 5.95. The van der Waals surface area contributed by atoms with Crippen molar-refractivity contribution in [1.82, 2.24) is 26.2 Å². The topological polar surface area (TPSA) is 308 Å². The minimum Gasteiger partial charge on any atom is -0.481 e. The summed E-state index contributed by atoms with van der Waals surface area (Å²) >= 11 is 0. The molecule has 0 radical (unpaired) electrons. The molecule has 1 heterocycles. The van der Waals surface area contributed by atoms with Gasteiger partial charge in [0.05, 0.1) is 18.7 Å². The van der Waals surface area contributed by atoms with E-state index in [1.165, 1.54) is 18.7 Å². The molecule has 1 unspecified atom stereocenters. The molecule has 19 nitrogen and oxygen atoms in total. The van der Waals surface area contributed by atoms with Crippen LogP contribution in [0.1, 0.15) is 88.6 Å². The highest BCUT2D eigenvalue weighted by Gasteiger charge is 2.38. The summed E-state index contributed by atoms with van der Waals surface area (Å²) in [5.41, 5.74) is 17.8. The molecule has 5 atom stereocenters. The summed E-state index contributed by atoms with van der Waals surface area (Å²) in [7, 11) is 0. The second-order valence-corrected chi connectivity index (χ2v) is 14.5. The van der Waals surface area contributed by atoms with Gasteiger partial charge in [0.1, 0.15) is 24.7 Å². The van der Waals surface area contributed by atoms with Gasteiger partial charge in [0.2, 0.25) is 29.5 Å². The molecule has 0 aliphatic carbocycles. The number of carboxylic acid groups (broad SMARTS) is 1. The number of carbonyl (C=O) groups excluding carboxylic acids is 7. The Morgan fingerprint density at radius 1 is 0.930 bits per heavy atom. The molecule has 1 saturated heterocycles. The van der Waals surface area contributed by atoms with Crippen LogP contribution in [0.5, 0.6) is 0 Å². The third-order valence-electron chi connectivity index (χ3n) is 9.15. The van der Waals surface area contributed by atoms with Crippen LogP contribution in [0.2, 0.25) is 0 Å². The van der Waals surface area contributed by atoms with Crippen molar-refractivity contribution in [3.05, 3.63) is 35.4 Å². The lowest BCUT2D eigenvalue weighted by molar-refractivity contribution is -0.142. The highest BCUT2D eigenvalue weighted by atomic mass is 16.5. The van der Waals surface area contributed by atoms with E-state index in [1.807, 2.05) is 13.8 Å². The quantitative estimate of drug-likeness (QED) is 0.0252. The average molecular weight is 802 g/mol. The van der Waals surface area contributed by atoms with Gasteiger partial charge in [-0.15, -0.1) is 0 Å². The Hall–Kier alpha value is -5.43. The molecule has 1 aromatic carbocycles. The predicted octanol–water partition coefficient (Wildman–Crippen LogP) is -1.11. The van der Waals surface area contributed by atoms with Crippen LogP contribution in [0.25, 0.3) is 0 Å². The minimum atomic E-state index is -1.18. The van der Waals surface area contributed by atoms with Gasteiger partial charge in [0.25, 0.3) is 0 Å². The van der Waals surface area contributed by atoms with Gasteiger partial charge in [0.15, 0.2) is 17.5 Å². The zero-order chi connectivity index (χ0) is 42.7.